The van der Waals surface area contributed by atoms with E-state index in [9.17, 15) is 0 Å². The number of ether oxygens (including phenoxy) is 3. The molecule has 2 aromatic rings. The zero-order valence-electron chi connectivity index (χ0n) is 18.9. The number of aromatic nitrogens is 2. The molecule has 2 aliphatic rings. The smallest absolute Gasteiger partial charge is 0.184 e. The van der Waals surface area contributed by atoms with E-state index < -0.39 is 0 Å². The molecule has 2 aliphatic carbocycles. The zero-order chi connectivity index (χ0) is 21.1. The van der Waals surface area contributed by atoms with Crippen LogP contribution < -0.4 is 9.13 Å². The Morgan fingerprint density at radius 1 is 0.548 bits per heavy atom. The molecule has 0 aromatic carbocycles. The van der Waals surface area contributed by atoms with Crippen LogP contribution in [0, 0.1) is 0 Å². The molecule has 0 saturated heterocycles. The molecule has 168 valence electrons. The Balaban J connectivity index is 1.02. The molecule has 5 nitrogen and oxygen atoms in total. The van der Waals surface area contributed by atoms with Gasteiger partial charge in [0.1, 0.15) is 13.2 Å². The molecule has 4 rings (SSSR count). The fourth-order valence-electron chi connectivity index (χ4n) is 4.83. The van der Waals surface area contributed by atoms with Crippen molar-refractivity contribution in [1.82, 2.24) is 0 Å². The van der Waals surface area contributed by atoms with Crippen molar-refractivity contribution in [2.75, 3.05) is 39.6 Å². The molecule has 2 aromatic heterocycles. The summed E-state index contributed by atoms with van der Waals surface area (Å²) >= 11 is 0. The third-order valence-corrected chi connectivity index (χ3v) is 6.48. The maximum atomic E-state index is 5.78. The van der Waals surface area contributed by atoms with Gasteiger partial charge in [-0.05, 0) is 50.7 Å². The molecule has 2 heterocycles. The van der Waals surface area contributed by atoms with Crippen LogP contribution in [0.4, 0.5) is 0 Å². The van der Waals surface area contributed by atoms with Crippen molar-refractivity contribution >= 4 is 0 Å². The van der Waals surface area contributed by atoms with Gasteiger partial charge in [-0.25, -0.2) is 0 Å². The largest absolute Gasteiger partial charge is 0.377 e. The van der Waals surface area contributed by atoms with Gasteiger partial charge >= 0.3 is 0 Å². The van der Waals surface area contributed by atoms with Crippen LogP contribution in [-0.2, 0) is 53.0 Å². The van der Waals surface area contributed by atoms with Gasteiger partial charge in [0.2, 0.25) is 0 Å². The minimum atomic E-state index is 0.627. The highest BCUT2D eigenvalue weighted by molar-refractivity contribution is 5.18. The molecule has 0 atom stereocenters. The van der Waals surface area contributed by atoms with Crippen LogP contribution in [0.2, 0.25) is 0 Å². The normalized spacial score (nSPS) is 15.5. The molecule has 0 radical (unpaired) electrons. The summed E-state index contributed by atoms with van der Waals surface area (Å²) in [7, 11) is 0. The molecule has 0 spiro atoms. The van der Waals surface area contributed by atoms with Crippen LogP contribution in [0.3, 0.4) is 0 Å². The number of hydrogen-bond donors (Lipinski definition) is 0. The highest BCUT2D eigenvalue weighted by Gasteiger charge is 2.20. The molecule has 0 fully saturated rings. The molecule has 0 N–H and O–H groups in total. The third-order valence-electron chi connectivity index (χ3n) is 6.48. The molecule has 0 unspecified atom stereocenters. The summed E-state index contributed by atoms with van der Waals surface area (Å²) in [6.07, 6.45) is 14.5. The van der Waals surface area contributed by atoms with Crippen LogP contribution in [0.1, 0.15) is 48.2 Å². The Hall–Kier alpha value is -1.82. The summed E-state index contributed by atoms with van der Waals surface area (Å²) in [5.41, 5.74) is 6.03. The van der Waals surface area contributed by atoms with E-state index in [0.29, 0.717) is 26.4 Å². The van der Waals surface area contributed by atoms with Gasteiger partial charge in [0.25, 0.3) is 0 Å². The van der Waals surface area contributed by atoms with Crippen molar-refractivity contribution in [2.24, 2.45) is 0 Å². The minimum absolute atomic E-state index is 0.627. The number of hydrogen-bond acceptors (Lipinski definition) is 3. The molecular formula is C26H38N2O3+2. The van der Waals surface area contributed by atoms with Gasteiger partial charge < -0.3 is 14.2 Å². The first kappa shape index (κ1) is 22.4. The van der Waals surface area contributed by atoms with Crippen LogP contribution in [0.25, 0.3) is 0 Å². The summed E-state index contributed by atoms with van der Waals surface area (Å²) in [6, 6.07) is 8.87. The molecule has 0 aliphatic heterocycles. The first-order chi connectivity index (χ1) is 15.4. The lowest BCUT2D eigenvalue weighted by molar-refractivity contribution is -0.706. The van der Waals surface area contributed by atoms with E-state index >= 15 is 0 Å². The van der Waals surface area contributed by atoms with E-state index in [0.717, 1.165) is 26.3 Å². The maximum absolute atomic E-state index is 5.78. The maximum Gasteiger partial charge on any atom is 0.184 e. The molecule has 0 bridgehead atoms. The zero-order valence-corrected chi connectivity index (χ0v) is 18.9. The van der Waals surface area contributed by atoms with Crippen LogP contribution in [-0.4, -0.2) is 39.6 Å². The Morgan fingerprint density at radius 3 is 1.45 bits per heavy atom. The number of rotatable bonds is 12. The summed E-state index contributed by atoms with van der Waals surface area (Å²) in [6.45, 7) is 5.85. The Labute approximate surface area is 187 Å². The second-order valence-corrected chi connectivity index (χ2v) is 8.60. The second-order valence-electron chi connectivity index (χ2n) is 8.60. The van der Waals surface area contributed by atoms with Gasteiger partial charge in [0, 0.05) is 36.1 Å². The summed E-state index contributed by atoms with van der Waals surface area (Å²) in [5, 5.41) is 0. The van der Waals surface area contributed by atoms with Crippen LogP contribution in [0.15, 0.2) is 36.7 Å². The predicted molar refractivity (Wildman–Crippen MR) is 119 cm³/mol. The SMILES string of the molecule is c1cc2c([n+](CCOCCOCCOCC[n+]3cccc4c3CCCC4)c1)CCCC2. The van der Waals surface area contributed by atoms with Crippen molar-refractivity contribution in [1.29, 1.82) is 0 Å². The minimum Gasteiger partial charge on any atom is -0.377 e. The highest BCUT2D eigenvalue weighted by Crippen LogP contribution is 2.18. The molecule has 5 heteroatoms. The second kappa shape index (κ2) is 12.3. The topological polar surface area (TPSA) is 35.5 Å². The summed E-state index contributed by atoms with van der Waals surface area (Å²) < 4.78 is 21.9. The predicted octanol–water partition coefficient (Wildman–Crippen LogP) is 2.77. The summed E-state index contributed by atoms with van der Waals surface area (Å²) in [5.74, 6) is 0. The fraction of sp³-hybridized carbons (Fsp3) is 0.615. The highest BCUT2D eigenvalue weighted by atomic mass is 16.5. The molecular weight excluding hydrogens is 388 g/mol. The lowest BCUT2D eigenvalue weighted by Crippen LogP contribution is -2.42. The number of nitrogens with zero attached hydrogens (tertiary/aromatic N) is 2. The average Bonchev–Trinajstić information content (AvgIpc) is 2.82. The molecule has 31 heavy (non-hydrogen) atoms. The quantitative estimate of drug-likeness (QED) is 0.387. The first-order valence-electron chi connectivity index (χ1n) is 12.2. The number of pyridine rings is 2. The van der Waals surface area contributed by atoms with Gasteiger partial charge in [0.15, 0.2) is 36.9 Å². The van der Waals surface area contributed by atoms with E-state index in [-0.39, 0.29) is 0 Å². The van der Waals surface area contributed by atoms with E-state index in [1.54, 1.807) is 0 Å². The van der Waals surface area contributed by atoms with E-state index in [2.05, 4.69) is 45.8 Å². The van der Waals surface area contributed by atoms with Gasteiger partial charge in [0.05, 0.1) is 26.4 Å². The summed E-state index contributed by atoms with van der Waals surface area (Å²) in [4.78, 5) is 0. The van der Waals surface area contributed by atoms with Gasteiger partial charge in [-0.15, -0.1) is 0 Å². The standard InChI is InChI=1S/C26H38N2O3/c1-3-11-25-23(7-1)9-5-13-27(25)15-17-29-19-21-31-22-20-30-18-16-28-14-6-10-24-8-2-4-12-26(24)28/h5-6,9-10,13-14H,1-4,7-8,11-12,15-22H2/q+2. The lowest BCUT2D eigenvalue weighted by Gasteiger charge is -2.14. The van der Waals surface area contributed by atoms with Gasteiger partial charge in [-0.1, -0.05) is 0 Å². The third kappa shape index (κ3) is 6.58. The Bertz CT molecular complexity index is 757. The van der Waals surface area contributed by atoms with Gasteiger partial charge in [-0.3, -0.25) is 0 Å². The van der Waals surface area contributed by atoms with Crippen molar-refractivity contribution < 1.29 is 23.3 Å². The Morgan fingerprint density at radius 2 is 0.968 bits per heavy atom. The van der Waals surface area contributed by atoms with Crippen molar-refractivity contribution in [2.45, 2.75) is 64.5 Å². The fourth-order valence-corrected chi connectivity index (χ4v) is 4.83. The van der Waals surface area contributed by atoms with E-state index in [1.807, 2.05) is 0 Å². The van der Waals surface area contributed by atoms with Crippen molar-refractivity contribution in [3.8, 4) is 0 Å². The number of fused-ring (bicyclic) bond motifs is 2. The molecule has 0 amide bonds. The van der Waals surface area contributed by atoms with Crippen molar-refractivity contribution in [3.05, 3.63) is 59.2 Å². The first-order valence-corrected chi connectivity index (χ1v) is 12.2. The average molecular weight is 427 g/mol. The monoisotopic (exact) mass is 426 g/mol. The van der Waals surface area contributed by atoms with E-state index in [4.69, 9.17) is 14.2 Å². The molecule has 0 saturated carbocycles. The lowest BCUT2D eigenvalue weighted by atomic mass is 9.96. The van der Waals surface area contributed by atoms with Gasteiger partial charge in [-0.2, -0.15) is 9.13 Å². The van der Waals surface area contributed by atoms with Crippen LogP contribution >= 0.6 is 0 Å². The van der Waals surface area contributed by atoms with Crippen molar-refractivity contribution in [3.63, 3.8) is 0 Å². The van der Waals surface area contributed by atoms with E-state index in [1.165, 1.54) is 73.9 Å². The number of aryl methyl sites for hydroxylation is 2. The Kier molecular flexibility index (Phi) is 8.86. The van der Waals surface area contributed by atoms with Crippen LogP contribution in [0.5, 0.6) is 0 Å².